The van der Waals surface area contributed by atoms with Crippen molar-refractivity contribution in [2.24, 2.45) is 0 Å². The SMILES string of the molecule is Fc1cccc(F)c1-c1cc(-n2c3ccccc3c3ccc(-c4cccc(-c5ccccc5)n4)cc32)c(C(F)(F)F)cc1-n1c2ccccc2c2ccc(-c3cccc(-c4ccccc4)n3)cc21. The van der Waals surface area contributed by atoms with E-state index < -0.39 is 28.9 Å². The van der Waals surface area contributed by atoms with Gasteiger partial charge in [0, 0.05) is 49.4 Å². The van der Waals surface area contributed by atoms with E-state index in [4.69, 9.17) is 9.97 Å². The van der Waals surface area contributed by atoms with Crippen molar-refractivity contribution in [2.75, 3.05) is 0 Å². The monoisotopic (exact) mass is 894 g/mol. The van der Waals surface area contributed by atoms with E-state index >= 15 is 22.0 Å². The number of rotatable bonds is 7. The van der Waals surface area contributed by atoms with Gasteiger partial charge in [0.05, 0.1) is 67.3 Å². The maximum Gasteiger partial charge on any atom is 0.418 e. The Bertz CT molecular complexity index is 3910. The van der Waals surface area contributed by atoms with Gasteiger partial charge in [-0.25, -0.2) is 18.7 Å². The summed E-state index contributed by atoms with van der Waals surface area (Å²) < 4.78 is 84.8. The molecule has 0 saturated heterocycles. The molecule has 0 aliphatic carbocycles. The van der Waals surface area contributed by atoms with Gasteiger partial charge in [-0.2, -0.15) is 13.2 Å². The van der Waals surface area contributed by atoms with Crippen molar-refractivity contribution in [3.8, 4) is 67.5 Å². The third kappa shape index (κ3) is 6.81. The van der Waals surface area contributed by atoms with Gasteiger partial charge in [0.2, 0.25) is 0 Å². The van der Waals surface area contributed by atoms with Crippen molar-refractivity contribution >= 4 is 43.6 Å². The number of nitrogens with zero attached hydrogens (tertiary/aromatic N) is 4. The number of benzene rings is 8. The minimum atomic E-state index is -4.94. The molecule has 8 aromatic carbocycles. The third-order valence-corrected chi connectivity index (χ3v) is 12.7. The summed E-state index contributed by atoms with van der Waals surface area (Å²) in [7, 11) is 0. The molecule has 0 fully saturated rings. The second-order valence-corrected chi connectivity index (χ2v) is 16.7. The van der Waals surface area contributed by atoms with E-state index in [1.54, 1.807) is 33.4 Å². The number of fused-ring (bicyclic) bond motifs is 6. The van der Waals surface area contributed by atoms with Crippen LogP contribution in [0.4, 0.5) is 22.0 Å². The Morgan fingerprint density at radius 3 is 1.24 bits per heavy atom. The smallest absolute Gasteiger partial charge is 0.309 e. The first kappa shape index (κ1) is 40.8. The van der Waals surface area contributed by atoms with Crippen LogP contribution in [-0.4, -0.2) is 19.1 Å². The summed E-state index contributed by atoms with van der Waals surface area (Å²) in [6, 6.07) is 62.6. The molecule has 12 aromatic rings. The predicted octanol–water partition coefficient (Wildman–Crippen LogP) is 16.3. The molecule has 4 aromatic heterocycles. The zero-order valence-corrected chi connectivity index (χ0v) is 35.9. The van der Waals surface area contributed by atoms with E-state index in [2.05, 4.69) is 0 Å². The van der Waals surface area contributed by atoms with Crippen LogP contribution in [0.15, 0.2) is 212 Å². The molecule has 0 N–H and O–H groups in total. The minimum Gasteiger partial charge on any atom is -0.309 e. The highest BCUT2D eigenvalue weighted by Gasteiger charge is 2.37. The maximum absolute atomic E-state index is 16.5. The molecular weight excluding hydrogens is 860 g/mol. The second kappa shape index (κ2) is 16.0. The summed E-state index contributed by atoms with van der Waals surface area (Å²) in [4.78, 5) is 9.94. The molecule has 4 nitrogen and oxygen atoms in total. The number of alkyl halides is 3. The summed E-state index contributed by atoms with van der Waals surface area (Å²) in [6.45, 7) is 0. The summed E-state index contributed by atoms with van der Waals surface area (Å²) in [6.07, 6.45) is -4.94. The molecule has 326 valence electrons. The van der Waals surface area contributed by atoms with Crippen LogP contribution >= 0.6 is 0 Å². The summed E-state index contributed by atoms with van der Waals surface area (Å²) >= 11 is 0. The van der Waals surface area contributed by atoms with Crippen LogP contribution in [0.3, 0.4) is 0 Å². The molecule has 4 heterocycles. The van der Waals surface area contributed by atoms with Crippen molar-refractivity contribution in [1.29, 1.82) is 0 Å². The van der Waals surface area contributed by atoms with E-state index in [9.17, 15) is 0 Å². The topological polar surface area (TPSA) is 35.6 Å². The number of hydrogen-bond donors (Lipinski definition) is 0. The molecule has 0 aliphatic rings. The molecule has 68 heavy (non-hydrogen) atoms. The Morgan fingerprint density at radius 1 is 0.338 bits per heavy atom. The van der Waals surface area contributed by atoms with Gasteiger partial charge < -0.3 is 9.13 Å². The molecule has 12 rings (SSSR count). The predicted molar refractivity (Wildman–Crippen MR) is 263 cm³/mol. The second-order valence-electron chi connectivity index (χ2n) is 16.7. The van der Waals surface area contributed by atoms with Gasteiger partial charge in [0.15, 0.2) is 0 Å². The molecule has 0 unspecified atom stereocenters. The van der Waals surface area contributed by atoms with Gasteiger partial charge in [-0.3, -0.25) is 0 Å². The van der Waals surface area contributed by atoms with Gasteiger partial charge >= 0.3 is 6.18 Å². The number of hydrogen-bond acceptors (Lipinski definition) is 2. The molecule has 9 heteroatoms. The number of para-hydroxylation sites is 2. The van der Waals surface area contributed by atoms with Crippen LogP contribution in [0.25, 0.3) is 111 Å². The Hall–Kier alpha value is -8.69. The Kier molecular flexibility index (Phi) is 9.62. The zero-order valence-electron chi connectivity index (χ0n) is 35.9. The Labute approximate surface area is 386 Å². The molecule has 0 aliphatic heterocycles. The van der Waals surface area contributed by atoms with E-state index in [1.165, 1.54) is 12.1 Å². The lowest BCUT2D eigenvalue weighted by atomic mass is 9.97. The molecule has 0 radical (unpaired) electrons. The maximum atomic E-state index is 16.5. The first-order valence-electron chi connectivity index (χ1n) is 22.0. The van der Waals surface area contributed by atoms with Gasteiger partial charge in [0.1, 0.15) is 11.6 Å². The van der Waals surface area contributed by atoms with Crippen LogP contribution in [0.1, 0.15) is 5.56 Å². The number of halogens is 5. The highest BCUT2D eigenvalue weighted by molar-refractivity contribution is 6.12. The normalized spacial score (nSPS) is 11.9. The van der Waals surface area contributed by atoms with Crippen LogP contribution in [0, 0.1) is 11.6 Å². The average molecular weight is 895 g/mol. The van der Waals surface area contributed by atoms with Crippen molar-refractivity contribution in [1.82, 2.24) is 19.1 Å². The first-order valence-corrected chi connectivity index (χ1v) is 22.0. The lowest BCUT2D eigenvalue weighted by Gasteiger charge is -2.22. The molecule has 0 saturated carbocycles. The van der Waals surface area contributed by atoms with Crippen molar-refractivity contribution in [2.45, 2.75) is 6.18 Å². The number of aromatic nitrogens is 4. The molecule has 0 atom stereocenters. The van der Waals surface area contributed by atoms with Gasteiger partial charge in [-0.05, 0) is 72.8 Å². The lowest BCUT2D eigenvalue weighted by molar-refractivity contribution is -0.137. The Balaban J connectivity index is 1.14. The average Bonchev–Trinajstić information content (AvgIpc) is 3.88. The fourth-order valence-electron chi connectivity index (χ4n) is 9.64. The van der Waals surface area contributed by atoms with Crippen LogP contribution in [0.5, 0.6) is 0 Å². The summed E-state index contributed by atoms with van der Waals surface area (Å²) in [5.41, 5.74) is 6.13. The molecule has 0 spiro atoms. The zero-order chi connectivity index (χ0) is 46.1. The standard InChI is InChI=1S/C59H35F5N4/c60-46-20-11-21-47(61)58(46)44-34-57(68-53-27-10-8-19-41(53)43-31-29-39(33-55(43)68)51-25-13-23-49(66-51)37-16-5-2-6-17-37)45(59(62,63)64)35-56(44)67-52-26-9-7-18-40(52)42-30-28-38(32-54(42)67)50-24-12-22-48(65-50)36-14-3-1-4-15-36/h1-35H. The highest BCUT2D eigenvalue weighted by atomic mass is 19.4. The van der Waals surface area contributed by atoms with E-state index in [-0.39, 0.29) is 16.9 Å². The third-order valence-electron chi connectivity index (χ3n) is 12.7. The van der Waals surface area contributed by atoms with Crippen molar-refractivity contribution < 1.29 is 22.0 Å². The minimum absolute atomic E-state index is 0.0530. The van der Waals surface area contributed by atoms with Gasteiger partial charge in [-0.15, -0.1) is 0 Å². The van der Waals surface area contributed by atoms with Gasteiger partial charge in [-0.1, -0.05) is 140 Å². The van der Waals surface area contributed by atoms with Crippen LogP contribution < -0.4 is 0 Å². The van der Waals surface area contributed by atoms with Gasteiger partial charge in [0.25, 0.3) is 0 Å². The molecule has 0 bridgehead atoms. The van der Waals surface area contributed by atoms with Crippen LogP contribution in [-0.2, 0) is 6.18 Å². The number of pyridine rings is 2. The molecule has 0 amide bonds. The van der Waals surface area contributed by atoms with Crippen LogP contribution in [0.2, 0.25) is 0 Å². The Morgan fingerprint density at radius 2 is 0.750 bits per heavy atom. The van der Waals surface area contributed by atoms with Crippen molar-refractivity contribution in [3.05, 3.63) is 230 Å². The molecular formula is C59H35F5N4. The first-order chi connectivity index (χ1) is 33.2. The van der Waals surface area contributed by atoms with E-state index in [1.807, 2.05) is 158 Å². The quantitative estimate of drug-likeness (QED) is 0.149. The van der Waals surface area contributed by atoms with E-state index in [0.29, 0.717) is 55.4 Å². The summed E-state index contributed by atoms with van der Waals surface area (Å²) in [5.74, 6) is -1.84. The van der Waals surface area contributed by atoms with Crippen molar-refractivity contribution in [3.63, 3.8) is 0 Å². The lowest BCUT2D eigenvalue weighted by Crippen LogP contribution is -2.13. The fourth-order valence-corrected chi connectivity index (χ4v) is 9.64. The summed E-state index contributed by atoms with van der Waals surface area (Å²) in [5, 5.41) is 2.88. The largest absolute Gasteiger partial charge is 0.418 e. The van der Waals surface area contributed by atoms with E-state index in [0.717, 1.165) is 51.5 Å². The fraction of sp³-hybridized carbons (Fsp3) is 0.0169. The highest BCUT2D eigenvalue weighted by Crippen LogP contribution is 2.46.